The lowest BCUT2D eigenvalue weighted by atomic mass is 10.0. The van der Waals surface area contributed by atoms with Gasteiger partial charge in [0.25, 0.3) is 0 Å². The minimum Gasteiger partial charge on any atom is -0.473 e. The Balaban J connectivity index is 1.81. The number of aliphatic hydroxyl groups excluding tert-OH is 1. The second-order valence-corrected chi connectivity index (χ2v) is 9.73. The van der Waals surface area contributed by atoms with E-state index in [-0.39, 0.29) is 12.1 Å². The first-order valence-electron chi connectivity index (χ1n) is 12.2. The summed E-state index contributed by atoms with van der Waals surface area (Å²) in [7, 11) is 1.72. The summed E-state index contributed by atoms with van der Waals surface area (Å²) in [5.41, 5.74) is 3.85. The molecule has 2 unspecified atom stereocenters. The van der Waals surface area contributed by atoms with Crippen molar-refractivity contribution >= 4 is 17.4 Å². The van der Waals surface area contributed by atoms with Crippen LogP contribution >= 0.6 is 11.6 Å². The van der Waals surface area contributed by atoms with E-state index in [1.807, 2.05) is 20.8 Å². The molecule has 4 atom stereocenters. The van der Waals surface area contributed by atoms with Crippen LogP contribution in [0.3, 0.4) is 0 Å². The molecule has 10 heteroatoms. The van der Waals surface area contributed by atoms with E-state index in [1.54, 1.807) is 32.2 Å². The SMILES string of the molecule is CNC(Oc1ccc(Cl)c(-c2nc(N[C@@H]3CCO[C@H](C)C3)c(C)c(-c3c(C)noc3C)n2)c1)C(C)O. The molecule has 9 nitrogen and oxygen atoms in total. The predicted molar refractivity (Wildman–Crippen MR) is 139 cm³/mol. The van der Waals surface area contributed by atoms with Gasteiger partial charge < -0.3 is 24.4 Å². The molecule has 3 heterocycles. The Hall–Kier alpha value is -2.72. The number of aliphatic hydroxyl groups is 1. The third-order valence-corrected chi connectivity index (χ3v) is 6.74. The Kier molecular flexibility index (Phi) is 8.14. The van der Waals surface area contributed by atoms with Crippen molar-refractivity contribution in [2.45, 2.75) is 71.9 Å². The molecule has 194 valence electrons. The van der Waals surface area contributed by atoms with E-state index in [4.69, 9.17) is 35.6 Å². The van der Waals surface area contributed by atoms with Gasteiger partial charge in [0.15, 0.2) is 12.1 Å². The van der Waals surface area contributed by atoms with Gasteiger partial charge in [-0.3, -0.25) is 5.32 Å². The number of nitrogens with zero attached hydrogens (tertiary/aromatic N) is 3. The number of aryl methyl sites for hydroxylation is 2. The maximum absolute atomic E-state index is 9.98. The Morgan fingerprint density at radius 2 is 2.00 bits per heavy atom. The molecule has 1 aliphatic rings. The fourth-order valence-electron chi connectivity index (χ4n) is 4.46. The number of halogens is 1. The Bertz CT molecular complexity index is 1200. The van der Waals surface area contributed by atoms with E-state index in [9.17, 15) is 5.11 Å². The van der Waals surface area contributed by atoms with Crippen LogP contribution in [-0.4, -0.2) is 58.4 Å². The van der Waals surface area contributed by atoms with Crippen LogP contribution < -0.4 is 15.4 Å². The van der Waals surface area contributed by atoms with Gasteiger partial charge in [-0.05, 0) is 72.7 Å². The topological polar surface area (TPSA) is 115 Å². The molecule has 1 saturated heterocycles. The van der Waals surface area contributed by atoms with Crippen LogP contribution in [-0.2, 0) is 4.74 Å². The summed E-state index contributed by atoms with van der Waals surface area (Å²) < 4.78 is 17.1. The van der Waals surface area contributed by atoms with E-state index in [0.717, 1.165) is 41.2 Å². The van der Waals surface area contributed by atoms with Gasteiger partial charge in [0.05, 0.1) is 28.1 Å². The number of hydrogen-bond acceptors (Lipinski definition) is 9. The molecule has 3 aromatic rings. The monoisotopic (exact) mass is 515 g/mol. The zero-order valence-corrected chi connectivity index (χ0v) is 22.3. The van der Waals surface area contributed by atoms with Crippen LogP contribution in [0.15, 0.2) is 22.7 Å². The van der Waals surface area contributed by atoms with Gasteiger partial charge in [0.2, 0.25) is 0 Å². The number of ether oxygens (including phenoxy) is 2. The minimum absolute atomic E-state index is 0.178. The Morgan fingerprint density at radius 1 is 1.22 bits per heavy atom. The summed E-state index contributed by atoms with van der Waals surface area (Å²) in [4.78, 5) is 9.84. The predicted octanol–water partition coefficient (Wildman–Crippen LogP) is 4.66. The zero-order valence-electron chi connectivity index (χ0n) is 21.6. The van der Waals surface area contributed by atoms with Gasteiger partial charge in [0, 0.05) is 23.8 Å². The first-order valence-corrected chi connectivity index (χ1v) is 12.6. The highest BCUT2D eigenvalue weighted by Gasteiger charge is 2.25. The van der Waals surface area contributed by atoms with E-state index >= 15 is 0 Å². The lowest BCUT2D eigenvalue weighted by molar-refractivity contribution is 0.0231. The Morgan fingerprint density at radius 3 is 2.64 bits per heavy atom. The molecule has 1 fully saturated rings. The van der Waals surface area contributed by atoms with Crippen molar-refractivity contribution in [3.05, 3.63) is 40.2 Å². The average Bonchev–Trinajstić information content (AvgIpc) is 3.17. The van der Waals surface area contributed by atoms with Crippen molar-refractivity contribution in [3.8, 4) is 28.4 Å². The van der Waals surface area contributed by atoms with Crippen molar-refractivity contribution in [2.24, 2.45) is 0 Å². The maximum atomic E-state index is 9.98. The quantitative estimate of drug-likeness (QED) is 0.368. The van der Waals surface area contributed by atoms with Crippen LogP contribution in [0.1, 0.15) is 43.7 Å². The van der Waals surface area contributed by atoms with Gasteiger partial charge in [-0.25, -0.2) is 9.97 Å². The lowest BCUT2D eigenvalue weighted by Gasteiger charge is -2.29. The number of hydrogen-bond donors (Lipinski definition) is 3. The van der Waals surface area contributed by atoms with Gasteiger partial charge in [-0.2, -0.15) is 0 Å². The van der Waals surface area contributed by atoms with Crippen molar-refractivity contribution in [3.63, 3.8) is 0 Å². The number of aromatic nitrogens is 3. The van der Waals surface area contributed by atoms with Crippen molar-refractivity contribution < 1.29 is 19.1 Å². The molecule has 3 N–H and O–H groups in total. The summed E-state index contributed by atoms with van der Waals surface area (Å²) >= 11 is 6.64. The molecule has 0 amide bonds. The molecule has 4 rings (SSSR count). The first-order chi connectivity index (χ1) is 17.2. The molecule has 0 saturated carbocycles. The summed E-state index contributed by atoms with van der Waals surface area (Å²) in [5, 5.41) is 21.2. The third kappa shape index (κ3) is 5.64. The number of nitrogens with one attached hydrogen (secondary N) is 2. The van der Waals surface area contributed by atoms with Crippen molar-refractivity contribution in [2.75, 3.05) is 19.0 Å². The molecule has 0 radical (unpaired) electrons. The van der Waals surface area contributed by atoms with Crippen LogP contribution in [0.2, 0.25) is 5.02 Å². The fraction of sp³-hybridized carbons (Fsp3) is 0.500. The highest BCUT2D eigenvalue weighted by Crippen LogP contribution is 2.36. The molecule has 2 aromatic heterocycles. The number of anilines is 1. The molecular formula is C26H34ClN5O4. The highest BCUT2D eigenvalue weighted by atomic mass is 35.5. The smallest absolute Gasteiger partial charge is 0.175 e. The highest BCUT2D eigenvalue weighted by molar-refractivity contribution is 6.33. The molecule has 0 spiro atoms. The van der Waals surface area contributed by atoms with Gasteiger partial charge in [0.1, 0.15) is 23.4 Å². The largest absolute Gasteiger partial charge is 0.473 e. The van der Waals surface area contributed by atoms with Gasteiger partial charge in [-0.1, -0.05) is 16.8 Å². The van der Waals surface area contributed by atoms with E-state index in [2.05, 4.69) is 22.7 Å². The standard InChI is InChI=1S/C26H34ClN5O4/c1-13-11-18(9-10-34-13)29-24-14(2)23(22-15(3)32-36-17(22)5)30-25(31-24)20-12-19(7-8-21(20)27)35-26(28-6)16(4)33/h7-8,12-13,16,18,26,28,33H,9-11H2,1-6H3,(H,29,30,31)/t13-,16?,18-,26?/m1/s1. The van der Waals surface area contributed by atoms with Crippen molar-refractivity contribution in [1.82, 2.24) is 20.4 Å². The van der Waals surface area contributed by atoms with Gasteiger partial charge in [-0.15, -0.1) is 0 Å². The molecule has 0 aliphatic carbocycles. The third-order valence-electron chi connectivity index (χ3n) is 6.41. The first kappa shape index (κ1) is 26.3. The number of benzene rings is 1. The second kappa shape index (κ2) is 11.1. The van der Waals surface area contributed by atoms with Crippen LogP contribution in [0.5, 0.6) is 5.75 Å². The summed E-state index contributed by atoms with van der Waals surface area (Å²) in [6.07, 6.45) is 0.654. The average molecular weight is 516 g/mol. The van der Waals surface area contributed by atoms with Gasteiger partial charge >= 0.3 is 0 Å². The molecule has 36 heavy (non-hydrogen) atoms. The number of rotatable bonds is 8. The van der Waals surface area contributed by atoms with Crippen molar-refractivity contribution in [1.29, 1.82) is 0 Å². The summed E-state index contributed by atoms with van der Waals surface area (Å²) in [6.45, 7) is 10.2. The van der Waals surface area contributed by atoms with E-state index in [1.165, 1.54) is 0 Å². The van der Waals surface area contributed by atoms with E-state index < -0.39 is 12.3 Å². The number of likely N-dealkylation sites (N-methyl/N-ethyl adjacent to an activating group) is 1. The minimum atomic E-state index is -0.714. The normalized spacial score (nSPS) is 19.7. The fourth-order valence-corrected chi connectivity index (χ4v) is 4.66. The molecule has 1 aromatic carbocycles. The zero-order chi connectivity index (χ0) is 26.0. The molecule has 1 aliphatic heterocycles. The van der Waals surface area contributed by atoms with E-state index in [0.29, 0.717) is 34.5 Å². The summed E-state index contributed by atoms with van der Waals surface area (Å²) in [6, 6.07) is 5.51. The van der Waals surface area contributed by atoms with Crippen LogP contribution in [0.25, 0.3) is 22.6 Å². The van der Waals surface area contributed by atoms with Crippen LogP contribution in [0, 0.1) is 20.8 Å². The summed E-state index contributed by atoms with van der Waals surface area (Å²) in [5.74, 6) is 2.40. The van der Waals surface area contributed by atoms with Crippen LogP contribution in [0.4, 0.5) is 5.82 Å². The second-order valence-electron chi connectivity index (χ2n) is 9.33. The maximum Gasteiger partial charge on any atom is 0.175 e. The lowest BCUT2D eigenvalue weighted by Crippen LogP contribution is -2.40. The molecular weight excluding hydrogens is 482 g/mol. The molecule has 0 bridgehead atoms. The Labute approximate surface area is 216 Å².